The molecule has 1 aromatic carbocycles. The summed E-state index contributed by atoms with van der Waals surface area (Å²) in [6, 6.07) is 5.89. The van der Waals surface area contributed by atoms with Gasteiger partial charge in [-0.05, 0) is 12.1 Å². The zero-order valence-corrected chi connectivity index (χ0v) is 11.3. The molecular formula is C11H14N4O3S. The number of aryl methyl sites for hydroxylation is 1. The molecule has 2 aromatic rings. The zero-order valence-electron chi connectivity index (χ0n) is 10.5. The molecule has 102 valence electrons. The van der Waals surface area contributed by atoms with Crippen LogP contribution >= 0.6 is 0 Å². The molecule has 8 heteroatoms. The molecule has 1 heterocycles. The van der Waals surface area contributed by atoms with Crippen molar-refractivity contribution in [3.05, 3.63) is 30.5 Å². The summed E-state index contributed by atoms with van der Waals surface area (Å²) in [5.74, 6) is 0.421. The van der Waals surface area contributed by atoms with Gasteiger partial charge in [0.2, 0.25) is 0 Å². The Bertz CT molecular complexity index is 694. The first-order chi connectivity index (χ1) is 8.92. The van der Waals surface area contributed by atoms with E-state index in [2.05, 4.69) is 9.82 Å². The summed E-state index contributed by atoms with van der Waals surface area (Å²) >= 11 is 0. The van der Waals surface area contributed by atoms with E-state index < -0.39 is 10.0 Å². The number of anilines is 2. The van der Waals surface area contributed by atoms with Crippen molar-refractivity contribution in [1.82, 2.24) is 9.78 Å². The fraction of sp³-hybridized carbons (Fsp3) is 0.182. The topological polar surface area (TPSA) is 99.2 Å². The molecule has 0 aliphatic heterocycles. The van der Waals surface area contributed by atoms with Crippen LogP contribution in [0.5, 0.6) is 5.75 Å². The maximum atomic E-state index is 12.2. The monoisotopic (exact) mass is 282 g/mol. The van der Waals surface area contributed by atoms with Crippen LogP contribution in [0.4, 0.5) is 11.5 Å². The highest BCUT2D eigenvalue weighted by molar-refractivity contribution is 7.92. The minimum Gasteiger partial charge on any atom is -0.495 e. The number of sulfonamides is 1. The first kappa shape index (κ1) is 13.2. The molecule has 0 unspecified atom stereocenters. The van der Waals surface area contributed by atoms with Gasteiger partial charge >= 0.3 is 0 Å². The van der Waals surface area contributed by atoms with Gasteiger partial charge in [0.1, 0.15) is 10.6 Å². The molecule has 0 spiro atoms. The van der Waals surface area contributed by atoms with Crippen molar-refractivity contribution in [2.24, 2.45) is 7.05 Å². The van der Waals surface area contributed by atoms with Crippen molar-refractivity contribution >= 4 is 21.5 Å². The van der Waals surface area contributed by atoms with E-state index in [1.165, 1.54) is 30.0 Å². The summed E-state index contributed by atoms with van der Waals surface area (Å²) in [6.07, 6.45) is 1.64. The first-order valence-electron chi connectivity index (χ1n) is 5.38. The minimum atomic E-state index is -3.77. The number of methoxy groups -OCH3 is 1. The number of hydrogen-bond donors (Lipinski definition) is 2. The summed E-state index contributed by atoms with van der Waals surface area (Å²) in [4.78, 5) is 0.00912. The van der Waals surface area contributed by atoms with Crippen LogP contribution in [0.1, 0.15) is 0 Å². The van der Waals surface area contributed by atoms with E-state index in [0.717, 1.165) is 0 Å². The van der Waals surface area contributed by atoms with Crippen molar-refractivity contribution in [2.75, 3.05) is 17.6 Å². The van der Waals surface area contributed by atoms with Crippen molar-refractivity contribution in [2.45, 2.75) is 4.90 Å². The Kier molecular flexibility index (Phi) is 3.34. The maximum Gasteiger partial charge on any atom is 0.266 e. The molecule has 0 aliphatic rings. The van der Waals surface area contributed by atoms with E-state index >= 15 is 0 Å². The van der Waals surface area contributed by atoms with Gasteiger partial charge in [-0.25, -0.2) is 8.42 Å². The third-order valence-electron chi connectivity index (χ3n) is 2.43. The van der Waals surface area contributed by atoms with Gasteiger partial charge in [0.25, 0.3) is 10.0 Å². The lowest BCUT2D eigenvalue weighted by atomic mass is 10.3. The number of benzene rings is 1. The van der Waals surface area contributed by atoms with Crippen molar-refractivity contribution in [3.8, 4) is 5.75 Å². The summed E-state index contributed by atoms with van der Waals surface area (Å²) in [5, 5.41) is 3.96. The zero-order chi connectivity index (χ0) is 14.0. The van der Waals surface area contributed by atoms with Crippen LogP contribution in [0.25, 0.3) is 0 Å². The second kappa shape index (κ2) is 4.81. The normalized spacial score (nSPS) is 11.3. The number of hydrogen-bond acceptors (Lipinski definition) is 5. The molecule has 0 amide bonds. The maximum absolute atomic E-state index is 12.2. The summed E-state index contributed by atoms with van der Waals surface area (Å²) in [5.41, 5.74) is 6.02. The Labute approximate surface area is 111 Å². The van der Waals surface area contributed by atoms with E-state index in [9.17, 15) is 8.42 Å². The Morgan fingerprint density at radius 2 is 2.11 bits per heavy atom. The predicted molar refractivity (Wildman–Crippen MR) is 71.4 cm³/mol. The Balaban J connectivity index is 2.39. The minimum absolute atomic E-state index is 0.00912. The smallest absolute Gasteiger partial charge is 0.266 e. The van der Waals surface area contributed by atoms with Crippen LogP contribution in [0.2, 0.25) is 0 Å². The molecule has 0 saturated carbocycles. The molecule has 1 aromatic heterocycles. The van der Waals surface area contributed by atoms with E-state index in [0.29, 0.717) is 5.69 Å². The van der Waals surface area contributed by atoms with Gasteiger partial charge in [-0.2, -0.15) is 5.10 Å². The van der Waals surface area contributed by atoms with Gasteiger partial charge in [-0.3, -0.25) is 9.40 Å². The number of nitrogens with zero attached hydrogens (tertiary/aromatic N) is 2. The van der Waals surface area contributed by atoms with E-state index in [1.807, 2.05) is 0 Å². The highest BCUT2D eigenvalue weighted by Crippen LogP contribution is 2.27. The van der Waals surface area contributed by atoms with E-state index in [4.69, 9.17) is 10.5 Å². The van der Waals surface area contributed by atoms with Crippen LogP contribution in [0.15, 0.2) is 35.4 Å². The lowest BCUT2D eigenvalue weighted by Gasteiger charge is -2.10. The molecule has 0 fully saturated rings. The molecule has 0 aliphatic carbocycles. The van der Waals surface area contributed by atoms with Crippen molar-refractivity contribution in [1.29, 1.82) is 0 Å². The fourth-order valence-corrected chi connectivity index (χ4v) is 2.72. The van der Waals surface area contributed by atoms with Crippen LogP contribution in [0, 0.1) is 0 Å². The lowest BCUT2D eigenvalue weighted by molar-refractivity contribution is 0.403. The fourth-order valence-electron chi connectivity index (χ4n) is 1.57. The molecule has 0 saturated heterocycles. The molecule has 0 radical (unpaired) electrons. The Morgan fingerprint density at radius 3 is 2.68 bits per heavy atom. The van der Waals surface area contributed by atoms with Crippen molar-refractivity contribution < 1.29 is 13.2 Å². The third-order valence-corrected chi connectivity index (χ3v) is 3.82. The molecular weight excluding hydrogens is 268 g/mol. The van der Waals surface area contributed by atoms with Gasteiger partial charge in [0.05, 0.1) is 7.11 Å². The third kappa shape index (κ3) is 2.79. The molecule has 2 rings (SSSR count). The van der Waals surface area contributed by atoms with Crippen LogP contribution in [0.3, 0.4) is 0 Å². The van der Waals surface area contributed by atoms with Crippen LogP contribution < -0.4 is 15.2 Å². The quantitative estimate of drug-likeness (QED) is 0.808. The number of nitrogens with one attached hydrogen (secondary N) is 1. The van der Waals surface area contributed by atoms with Gasteiger partial charge in [0, 0.05) is 31.1 Å². The van der Waals surface area contributed by atoms with E-state index in [-0.39, 0.29) is 16.5 Å². The lowest BCUT2D eigenvalue weighted by Crippen LogP contribution is -2.14. The standard InChI is InChI=1S/C11H14N4O3S/c1-15-6-5-11(13-15)14-19(16,17)10-4-3-8(12)7-9(10)18-2/h3-7H,12H2,1-2H3,(H,13,14). The number of rotatable bonds is 4. The second-order valence-electron chi connectivity index (χ2n) is 3.89. The first-order valence-corrected chi connectivity index (χ1v) is 6.86. The second-order valence-corrected chi connectivity index (χ2v) is 5.54. The van der Waals surface area contributed by atoms with Crippen LogP contribution in [-0.2, 0) is 17.1 Å². The molecule has 0 atom stereocenters. The van der Waals surface area contributed by atoms with Crippen molar-refractivity contribution in [3.63, 3.8) is 0 Å². The van der Waals surface area contributed by atoms with Gasteiger partial charge in [-0.1, -0.05) is 0 Å². The van der Waals surface area contributed by atoms with Gasteiger partial charge in [-0.15, -0.1) is 0 Å². The van der Waals surface area contributed by atoms with E-state index in [1.54, 1.807) is 19.3 Å². The average Bonchev–Trinajstić information content (AvgIpc) is 2.73. The number of nitrogens with two attached hydrogens (primary N) is 1. The highest BCUT2D eigenvalue weighted by atomic mass is 32.2. The van der Waals surface area contributed by atoms with Crippen LogP contribution in [-0.4, -0.2) is 25.3 Å². The number of aromatic nitrogens is 2. The number of nitrogen functional groups attached to an aromatic ring is 1. The predicted octanol–water partition coefficient (Wildman–Crippen LogP) is 0.812. The Morgan fingerprint density at radius 1 is 1.37 bits per heavy atom. The largest absolute Gasteiger partial charge is 0.495 e. The SMILES string of the molecule is COc1cc(N)ccc1S(=O)(=O)Nc1ccn(C)n1. The highest BCUT2D eigenvalue weighted by Gasteiger charge is 2.20. The van der Waals surface area contributed by atoms with Gasteiger partial charge in [0.15, 0.2) is 5.82 Å². The summed E-state index contributed by atoms with van der Waals surface area (Å²) < 4.78 is 33.3. The summed E-state index contributed by atoms with van der Waals surface area (Å²) in [6.45, 7) is 0. The molecule has 19 heavy (non-hydrogen) atoms. The average molecular weight is 282 g/mol. The molecule has 3 N–H and O–H groups in total. The number of ether oxygens (including phenoxy) is 1. The molecule has 7 nitrogen and oxygen atoms in total. The van der Waals surface area contributed by atoms with Gasteiger partial charge < -0.3 is 10.5 Å². The summed E-state index contributed by atoms with van der Waals surface area (Å²) in [7, 11) is -0.686. The molecule has 0 bridgehead atoms. The Hall–Kier alpha value is -2.22.